The summed E-state index contributed by atoms with van der Waals surface area (Å²) in [5.41, 5.74) is 20.5. The van der Waals surface area contributed by atoms with Gasteiger partial charge in [-0.05, 0) is 98.1 Å². The third-order valence-electron chi connectivity index (χ3n) is 13.3. The first-order valence-electron chi connectivity index (χ1n) is 22.9. The van der Waals surface area contributed by atoms with Crippen LogP contribution in [0.15, 0.2) is 249 Å². The van der Waals surface area contributed by atoms with Crippen molar-refractivity contribution < 1.29 is 0 Å². The molecule has 0 saturated carbocycles. The number of aromatic nitrogens is 3. The standard InChI is InChI=1S/C64H41N3/c1-4-15-42(16-5-1)52-31-33-55-57-29-14-30-58-56-34-32-53(40-62(56)67(63(57)58)61(55)39-52)50-26-12-24-48(37-50)46-22-10-21-45(35-46)47-23-11-25-49(36-47)51-27-13-28-54(38-51)60-41-59(43-17-6-2-7-18-43)65-64(66-60)44-19-8-3-9-20-44/h1-41H. The first kappa shape index (κ1) is 38.5. The van der Waals surface area contributed by atoms with E-state index in [0.29, 0.717) is 5.82 Å². The molecule has 13 aromatic rings. The van der Waals surface area contributed by atoms with Gasteiger partial charge in [-0.2, -0.15) is 0 Å². The molecule has 0 amide bonds. The Morgan fingerprint density at radius 3 is 1.04 bits per heavy atom. The summed E-state index contributed by atoms with van der Waals surface area (Å²) >= 11 is 0. The lowest BCUT2D eigenvalue weighted by Gasteiger charge is -2.12. The summed E-state index contributed by atoms with van der Waals surface area (Å²) in [6.45, 7) is 0. The summed E-state index contributed by atoms with van der Waals surface area (Å²) in [5.74, 6) is 0.710. The Bertz CT molecular complexity index is 3910. The van der Waals surface area contributed by atoms with Gasteiger partial charge in [-0.25, -0.2) is 9.97 Å². The average molecular weight is 852 g/mol. The van der Waals surface area contributed by atoms with Crippen LogP contribution in [0, 0.1) is 0 Å². The third-order valence-corrected chi connectivity index (χ3v) is 13.3. The zero-order valence-corrected chi connectivity index (χ0v) is 36.5. The van der Waals surface area contributed by atoms with E-state index >= 15 is 0 Å². The van der Waals surface area contributed by atoms with Crippen molar-refractivity contribution in [1.82, 2.24) is 14.4 Å². The van der Waals surface area contributed by atoms with Crippen LogP contribution in [0.3, 0.4) is 0 Å². The minimum atomic E-state index is 0.710. The molecule has 0 spiro atoms. The molecule has 312 valence electrons. The first-order chi connectivity index (χ1) is 33.2. The molecule has 0 fully saturated rings. The van der Waals surface area contributed by atoms with Crippen molar-refractivity contribution in [2.24, 2.45) is 0 Å². The van der Waals surface area contributed by atoms with Crippen LogP contribution in [0.4, 0.5) is 0 Å². The lowest BCUT2D eigenvalue weighted by Crippen LogP contribution is -1.96. The number of rotatable bonds is 8. The fourth-order valence-electron chi connectivity index (χ4n) is 10.0. The molecule has 10 aromatic carbocycles. The van der Waals surface area contributed by atoms with Gasteiger partial charge in [0.1, 0.15) is 0 Å². The summed E-state index contributed by atoms with van der Waals surface area (Å²) in [6.07, 6.45) is 0. The lowest BCUT2D eigenvalue weighted by molar-refractivity contribution is 1.18. The third kappa shape index (κ3) is 6.84. The molecular formula is C64H41N3. The molecule has 0 aliphatic rings. The normalized spacial score (nSPS) is 11.6. The Labute approximate surface area is 388 Å². The molecule has 3 heterocycles. The van der Waals surface area contributed by atoms with Crippen molar-refractivity contribution in [2.45, 2.75) is 0 Å². The van der Waals surface area contributed by atoms with E-state index in [1.54, 1.807) is 0 Å². The fourth-order valence-corrected chi connectivity index (χ4v) is 10.0. The Morgan fingerprint density at radius 1 is 0.224 bits per heavy atom. The van der Waals surface area contributed by atoms with Crippen LogP contribution < -0.4 is 0 Å². The van der Waals surface area contributed by atoms with E-state index in [9.17, 15) is 0 Å². The average Bonchev–Trinajstić information content (AvgIpc) is 3.93. The maximum Gasteiger partial charge on any atom is 0.160 e. The minimum Gasteiger partial charge on any atom is -0.308 e. The van der Waals surface area contributed by atoms with E-state index in [2.05, 4.69) is 229 Å². The highest BCUT2D eigenvalue weighted by Crippen LogP contribution is 2.42. The van der Waals surface area contributed by atoms with Gasteiger partial charge in [0.25, 0.3) is 0 Å². The van der Waals surface area contributed by atoms with Gasteiger partial charge in [0.05, 0.1) is 27.9 Å². The van der Waals surface area contributed by atoms with Crippen molar-refractivity contribution in [3.8, 4) is 89.5 Å². The Kier molecular flexibility index (Phi) is 9.17. The van der Waals surface area contributed by atoms with Gasteiger partial charge in [-0.1, -0.05) is 206 Å². The SMILES string of the molecule is c1ccc(-c2ccc3c4cccc5c6ccc(-c7cccc(-c8cccc(-c9cccc(-c%10cccc(-c%11cc(-c%12ccccc%12)nc(-c%12ccccc%12)n%11)c%10)c9)c8)c7)cc6n(c3c2)c45)cc1. The van der Waals surface area contributed by atoms with Crippen LogP contribution in [0.2, 0.25) is 0 Å². The van der Waals surface area contributed by atoms with Crippen LogP contribution in [-0.4, -0.2) is 14.4 Å². The molecule has 0 radical (unpaired) electrons. The van der Waals surface area contributed by atoms with Crippen LogP contribution in [0.25, 0.3) is 128 Å². The Balaban J connectivity index is 0.837. The van der Waals surface area contributed by atoms with Gasteiger partial charge in [-0.15, -0.1) is 0 Å². The Hall–Kier alpha value is -8.92. The molecule has 0 unspecified atom stereocenters. The maximum atomic E-state index is 5.10. The predicted molar refractivity (Wildman–Crippen MR) is 280 cm³/mol. The van der Waals surface area contributed by atoms with Gasteiger partial charge in [-0.3, -0.25) is 0 Å². The molecule has 13 rings (SSSR count). The van der Waals surface area contributed by atoms with Gasteiger partial charge in [0.2, 0.25) is 0 Å². The molecule has 0 saturated heterocycles. The molecule has 67 heavy (non-hydrogen) atoms. The van der Waals surface area contributed by atoms with Gasteiger partial charge >= 0.3 is 0 Å². The van der Waals surface area contributed by atoms with Crippen LogP contribution in [0.5, 0.6) is 0 Å². The van der Waals surface area contributed by atoms with Crippen molar-refractivity contribution >= 4 is 38.1 Å². The van der Waals surface area contributed by atoms with Crippen LogP contribution in [-0.2, 0) is 0 Å². The first-order valence-corrected chi connectivity index (χ1v) is 22.9. The second-order valence-electron chi connectivity index (χ2n) is 17.4. The number of nitrogens with zero attached hydrogens (tertiary/aromatic N) is 3. The van der Waals surface area contributed by atoms with Crippen molar-refractivity contribution in [1.29, 1.82) is 0 Å². The highest BCUT2D eigenvalue weighted by molar-refractivity contribution is 6.23. The van der Waals surface area contributed by atoms with E-state index < -0.39 is 0 Å². The van der Waals surface area contributed by atoms with Gasteiger partial charge < -0.3 is 4.40 Å². The van der Waals surface area contributed by atoms with E-state index in [0.717, 1.165) is 39.2 Å². The smallest absolute Gasteiger partial charge is 0.160 e. The summed E-state index contributed by atoms with van der Waals surface area (Å²) in [6, 6.07) is 89.4. The number of hydrogen-bond donors (Lipinski definition) is 0. The molecule has 0 aliphatic carbocycles. The molecule has 0 bridgehead atoms. The maximum absolute atomic E-state index is 5.10. The molecule has 3 heteroatoms. The second kappa shape index (κ2) is 16.0. The highest BCUT2D eigenvalue weighted by Gasteiger charge is 2.19. The van der Waals surface area contributed by atoms with Crippen molar-refractivity contribution in [2.75, 3.05) is 0 Å². The lowest BCUT2D eigenvalue weighted by atomic mass is 9.94. The quantitative estimate of drug-likeness (QED) is 0.152. The summed E-state index contributed by atoms with van der Waals surface area (Å²) in [5, 5.41) is 5.14. The number of hydrogen-bond acceptors (Lipinski definition) is 2. The van der Waals surface area contributed by atoms with E-state index in [1.165, 1.54) is 82.6 Å². The van der Waals surface area contributed by atoms with E-state index in [1.807, 2.05) is 24.3 Å². The van der Waals surface area contributed by atoms with Gasteiger partial charge in [0, 0.05) is 38.2 Å². The molecule has 3 nitrogen and oxygen atoms in total. The summed E-state index contributed by atoms with van der Waals surface area (Å²) < 4.78 is 2.49. The molecule has 3 aromatic heterocycles. The molecular weight excluding hydrogens is 811 g/mol. The van der Waals surface area contributed by atoms with Crippen molar-refractivity contribution in [3.63, 3.8) is 0 Å². The predicted octanol–water partition coefficient (Wildman–Crippen LogP) is 17.0. The topological polar surface area (TPSA) is 30.2 Å². The Morgan fingerprint density at radius 2 is 0.567 bits per heavy atom. The molecule has 0 N–H and O–H groups in total. The number of para-hydroxylation sites is 1. The fraction of sp³-hybridized carbons (Fsp3) is 0. The van der Waals surface area contributed by atoms with Crippen molar-refractivity contribution in [3.05, 3.63) is 249 Å². The summed E-state index contributed by atoms with van der Waals surface area (Å²) in [4.78, 5) is 10.1. The van der Waals surface area contributed by atoms with E-state index in [-0.39, 0.29) is 0 Å². The summed E-state index contributed by atoms with van der Waals surface area (Å²) in [7, 11) is 0. The molecule has 0 atom stereocenters. The zero-order chi connectivity index (χ0) is 44.3. The number of fused-ring (bicyclic) bond motifs is 6. The monoisotopic (exact) mass is 851 g/mol. The van der Waals surface area contributed by atoms with Crippen LogP contribution in [0.1, 0.15) is 0 Å². The zero-order valence-electron chi connectivity index (χ0n) is 36.5. The molecule has 0 aliphatic heterocycles. The largest absolute Gasteiger partial charge is 0.308 e. The van der Waals surface area contributed by atoms with Crippen LogP contribution >= 0.6 is 0 Å². The highest BCUT2D eigenvalue weighted by atomic mass is 14.9. The second-order valence-corrected chi connectivity index (χ2v) is 17.4. The van der Waals surface area contributed by atoms with Gasteiger partial charge in [0.15, 0.2) is 5.82 Å². The van der Waals surface area contributed by atoms with E-state index in [4.69, 9.17) is 9.97 Å². The number of benzene rings is 10. The minimum absolute atomic E-state index is 0.710.